The number of sulfonamides is 1. The second kappa shape index (κ2) is 10.3. The predicted octanol–water partition coefficient (Wildman–Crippen LogP) is 4.49. The lowest BCUT2D eigenvalue weighted by atomic mass is 10.2. The molecule has 8 heteroatoms. The number of hydrogen-bond donors (Lipinski definition) is 2. The van der Waals surface area contributed by atoms with Gasteiger partial charge in [-0.05, 0) is 68.8 Å². The number of hydrogen-bond acceptors (Lipinski definition) is 5. The van der Waals surface area contributed by atoms with Crippen molar-refractivity contribution < 1.29 is 22.7 Å². The van der Waals surface area contributed by atoms with E-state index in [4.69, 9.17) is 9.47 Å². The molecule has 1 atom stereocenters. The van der Waals surface area contributed by atoms with Gasteiger partial charge in [-0.25, -0.2) is 8.42 Å². The molecule has 2 N–H and O–H groups in total. The molecule has 168 valence electrons. The highest BCUT2D eigenvalue weighted by atomic mass is 32.2. The van der Waals surface area contributed by atoms with Crippen molar-refractivity contribution in [3.05, 3.63) is 78.4 Å². The fourth-order valence-electron chi connectivity index (χ4n) is 2.98. The van der Waals surface area contributed by atoms with E-state index in [2.05, 4.69) is 10.0 Å². The monoisotopic (exact) mass is 454 g/mol. The standard InChI is InChI=1S/C24H26N2O5S/c1-4-30-22-15-14-20(16-17(22)2)32(28,29)26-18(3)24(27)25-21-12-8-9-13-23(21)31-19-10-6-5-7-11-19/h5-16,18,26H,4H2,1-3H3,(H,25,27)/t18-/m0/s1. The van der Waals surface area contributed by atoms with Gasteiger partial charge in [0.1, 0.15) is 11.5 Å². The Morgan fingerprint density at radius 2 is 1.66 bits per heavy atom. The van der Waals surface area contributed by atoms with Crippen LogP contribution in [0.5, 0.6) is 17.2 Å². The summed E-state index contributed by atoms with van der Waals surface area (Å²) in [6.07, 6.45) is 0. The maximum absolute atomic E-state index is 12.8. The lowest BCUT2D eigenvalue weighted by Gasteiger charge is -2.17. The van der Waals surface area contributed by atoms with E-state index in [-0.39, 0.29) is 4.90 Å². The number of nitrogens with one attached hydrogen (secondary N) is 2. The molecule has 3 aromatic rings. The highest BCUT2D eigenvalue weighted by Crippen LogP contribution is 2.29. The summed E-state index contributed by atoms with van der Waals surface area (Å²) >= 11 is 0. The van der Waals surface area contributed by atoms with E-state index in [1.807, 2.05) is 25.1 Å². The van der Waals surface area contributed by atoms with Gasteiger partial charge in [0.2, 0.25) is 15.9 Å². The minimum atomic E-state index is -3.91. The van der Waals surface area contributed by atoms with E-state index < -0.39 is 22.0 Å². The quantitative estimate of drug-likeness (QED) is 0.497. The Kier molecular flexibility index (Phi) is 7.50. The van der Waals surface area contributed by atoms with Crippen molar-refractivity contribution in [2.24, 2.45) is 0 Å². The van der Waals surface area contributed by atoms with E-state index in [9.17, 15) is 13.2 Å². The first-order valence-electron chi connectivity index (χ1n) is 10.2. The summed E-state index contributed by atoms with van der Waals surface area (Å²) in [5, 5.41) is 2.73. The number of amides is 1. The summed E-state index contributed by atoms with van der Waals surface area (Å²) in [5.41, 5.74) is 1.13. The molecule has 0 saturated heterocycles. The minimum Gasteiger partial charge on any atom is -0.494 e. The minimum absolute atomic E-state index is 0.0610. The fraction of sp³-hybridized carbons (Fsp3) is 0.208. The topological polar surface area (TPSA) is 93.7 Å². The van der Waals surface area contributed by atoms with Crippen molar-refractivity contribution in [3.63, 3.8) is 0 Å². The molecular formula is C24H26N2O5S. The van der Waals surface area contributed by atoms with E-state index >= 15 is 0 Å². The molecule has 0 aliphatic carbocycles. The molecular weight excluding hydrogens is 428 g/mol. The molecule has 0 saturated carbocycles. The van der Waals surface area contributed by atoms with Gasteiger partial charge in [0.25, 0.3) is 0 Å². The first-order chi connectivity index (χ1) is 15.3. The first kappa shape index (κ1) is 23.3. The SMILES string of the molecule is CCOc1ccc(S(=O)(=O)N[C@@H](C)C(=O)Nc2ccccc2Oc2ccccc2)cc1C. The van der Waals surface area contributed by atoms with Crippen LogP contribution in [0.15, 0.2) is 77.7 Å². The third kappa shape index (κ3) is 5.87. The zero-order valence-corrected chi connectivity index (χ0v) is 19.0. The summed E-state index contributed by atoms with van der Waals surface area (Å²) in [5.74, 6) is 1.17. The van der Waals surface area contributed by atoms with Crippen LogP contribution >= 0.6 is 0 Å². The average Bonchev–Trinajstić information content (AvgIpc) is 2.77. The Balaban J connectivity index is 1.71. The molecule has 1 amide bonds. The fourth-order valence-corrected chi connectivity index (χ4v) is 4.26. The maximum atomic E-state index is 12.8. The summed E-state index contributed by atoms with van der Waals surface area (Å²) < 4.78 is 39.3. The highest BCUT2D eigenvalue weighted by Gasteiger charge is 2.23. The molecule has 0 bridgehead atoms. The lowest BCUT2D eigenvalue weighted by Crippen LogP contribution is -2.41. The average molecular weight is 455 g/mol. The zero-order valence-electron chi connectivity index (χ0n) is 18.2. The second-order valence-electron chi connectivity index (χ2n) is 7.10. The number of ether oxygens (including phenoxy) is 2. The summed E-state index contributed by atoms with van der Waals surface area (Å²) in [7, 11) is -3.91. The molecule has 32 heavy (non-hydrogen) atoms. The summed E-state index contributed by atoms with van der Waals surface area (Å²) in [4.78, 5) is 12.8. The third-order valence-electron chi connectivity index (χ3n) is 4.60. The van der Waals surface area contributed by atoms with Gasteiger partial charge >= 0.3 is 0 Å². The molecule has 7 nitrogen and oxygen atoms in total. The molecule has 3 aromatic carbocycles. The maximum Gasteiger partial charge on any atom is 0.242 e. The molecule has 0 fully saturated rings. The van der Waals surface area contributed by atoms with Gasteiger partial charge in [-0.1, -0.05) is 30.3 Å². The van der Waals surface area contributed by atoms with Gasteiger partial charge in [0, 0.05) is 0 Å². The van der Waals surface area contributed by atoms with Crippen LogP contribution in [0.1, 0.15) is 19.4 Å². The van der Waals surface area contributed by atoms with Crippen molar-refractivity contribution in [1.29, 1.82) is 0 Å². The van der Waals surface area contributed by atoms with Gasteiger partial charge in [0.05, 0.1) is 23.2 Å². The third-order valence-corrected chi connectivity index (χ3v) is 6.14. The Hall–Kier alpha value is -3.36. The van der Waals surface area contributed by atoms with E-state index in [1.54, 1.807) is 49.4 Å². The molecule has 0 unspecified atom stereocenters. The van der Waals surface area contributed by atoms with Crippen molar-refractivity contribution in [3.8, 4) is 17.2 Å². The first-order valence-corrected chi connectivity index (χ1v) is 11.7. The Bertz CT molecular complexity index is 1180. The van der Waals surface area contributed by atoms with Gasteiger partial charge in [-0.3, -0.25) is 4.79 Å². The molecule has 0 radical (unpaired) electrons. The van der Waals surface area contributed by atoms with Gasteiger partial charge < -0.3 is 14.8 Å². The van der Waals surface area contributed by atoms with Gasteiger partial charge in [0.15, 0.2) is 5.75 Å². The predicted molar refractivity (Wildman–Crippen MR) is 124 cm³/mol. The Morgan fingerprint density at radius 1 is 0.969 bits per heavy atom. The van der Waals surface area contributed by atoms with Crippen LogP contribution in [0.2, 0.25) is 0 Å². The Morgan fingerprint density at radius 3 is 2.34 bits per heavy atom. The van der Waals surface area contributed by atoms with Crippen molar-refractivity contribution in [2.45, 2.75) is 31.7 Å². The van der Waals surface area contributed by atoms with Crippen LogP contribution in [0.4, 0.5) is 5.69 Å². The van der Waals surface area contributed by atoms with Crippen LogP contribution in [0.25, 0.3) is 0 Å². The number of benzene rings is 3. The largest absolute Gasteiger partial charge is 0.494 e. The Labute approximate surface area is 188 Å². The number of aryl methyl sites for hydroxylation is 1. The number of para-hydroxylation sites is 3. The van der Waals surface area contributed by atoms with Crippen LogP contribution in [0, 0.1) is 6.92 Å². The number of carbonyl (C=O) groups excluding carboxylic acids is 1. The van der Waals surface area contributed by atoms with Crippen LogP contribution in [-0.4, -0.2) is 27.0 Å². The van der Waals surface area contributed by atoms with Crippen LogP contribution < -0.4 is 19.5 Å². The molecule has 0 aliphatic heterocycles. The lowest BCUT2D eigenvalue weighted by molar-refractivity contribution is -0.117. The van der Waals surface area contributed by atoms with E-state index in [0.717, 1.165) is 0 Å². The number of rotatable bonds is 9. The van der Waals surface area contributed by atoms with Crippen molar-refractivity contribution in [2.75, 3.05) is 11.9 Å². The van der Waals surface area contributed by atoms with Crippen LogP contribution in [-0.2, 0) is 14.8 Å². The van der Waals surface area contributed by atoms with Crippen molar-refractivity contribution in [1.82, 2.24) is 4.72 Å². The molecule has 3 rings (SSSR count). The van der Waals surface area contributed by atoms with Crippen LogP contribution in [0.3, 0.4) is 0 Å². The summed E-state index contributed by atoms with van der Waals surface area (Å²) in [6, 6.07) is 19.7. The highest BCUT2D eigenvalue weighted by molar-refractivity contribution is 7.89. The summed E-state index contributed by atoms with van der Waals surface area (Å²) in [6.45, 7) is 5.59. The number of anilines is 1. The molecule has 0 aliphatic rings. The molecule has 0 aromatic heterocycles. The zero-order chi connectivity index (χ0) is 23.1. The van der Waals surface area contributed by atoms with E-state index in [0.29, 0.717) is 35.1 Å². The number of carbonyl (C=O) groups is 1. The van der Waals surface area contributed by atoms with Crippen molar-refractivity contribution >= 4 is 21.6 Å². The second-order valence-corrected chi connectivity index (χ2v) is 8.82. The molecule has 0 spiro atoms. The van der Waals surface area contributed by atoms with Gasteiger partial charge in [-0.15, -0.1) is 0 Å². The normalized spacial score (nSPS) is 12.1. The van der Waals surface area contributed by atoms with Gasteiger partial charge in [-0.2, -0.15) is 4.72 Å². The van der Waals surface area contributed by atoms with E-state index in [1.165, 1.54) is 19.1 Å². The molecule has 0 heterocycles. The smallest absolute Gasteiger partial charge is 0.242 e.